The van der Waals surface area contributed by atoms with Crippen LogP contribution in [0.3, 0.4) is 0 Å². The van der Waals surface area contributed by atoms with E-state index in [1.807, 2.05) is 0 Å². The Balaban J connectivity index is 1.63. The Labute approximate surface area is 192 Å². The molecule has 0 unspecified atom stereocenters. The average molecular weight is 455 g/mol. The van der Waals surface area contributed by atoms with E-state index in [1.54, 1.807) is 55.5 Å². The molecule has 1 heterocycles. The highest BCUT2D eigenvalue weighted by Crippen LogP contribution is 2.64. The number of amides is 2. The number of anilines is 1. The van der Waals surface area contributed by atoms with Crippen LogP contribution in [0.25, 0.3) is 0 Å². The number of imide groups is 1. The van der Waals surface area contributed by atoms with Gasteiger partial charge in [-0.1, -0.05) is 54.6 Å². The van der Waals surface area contributed by atoms with Crippen LogP contribution in [0.2, 0.25) is 0 Å². The smallest absolute Gasteiger partial charge is 0.274 e. The van der Waals surface area contributed by atoms with Crippen LogP contribution in [0.4, 0.5) is 11.4 Å². The van der Waals surface area contributed by atoms with Crippen molar-refractivity contribution in [3.8, 4) is 0 Å². The maximum Gasteiger partial charge on any atom is 0.285 e. The Morgan fingerprint density at radius 2 is 1.44 bits per heavy atom. The van der Waals surface area contributed by atoms with Crippen molar-refractivity contribution in [1.82, 2.24) is 0 Å². The van der Waals surface area contributed by atoms with Crippen LogP contribution < -0.4 is 4.90 Å². The molecule has 1 fully saturated rings. The van der Waals surface area contributed by atoms with Crippen LogP contribution in [-0.4, -0.2) is 21.7 Å². The molecule has 0 radical (unpaired) electrons. The molecule has 3 aliphatic carbocycles. The van der Waals surface area contributed by atoms with E-state index in [0.29, 0.717) is 27.8 Å². The molecule has 9 heteroatoms. The molecule has 168 valence electrons. The molecule has 1 aliphatic heterocycles. The van der Waals surface area contributed by atoms with Crippen LogP contribution in [0.5, 0.6) is 0 Å². The molecule has 3 aromatic carbocycles. The zero-order valence-electron chi connectivity index (χ0n) is 17.9. The molecular weight excluding hydrogens is 438 g/mol. The fraction of sp³-hybridized carbons (Fsp3) is 0.200. The van der Waals surface area contributed by atoms with Gasteiger partial charge in [-0.05, 0) is 24.1 Å². The number of benzene rings is 3. The third-order valence-electron chi connectivity index (χ3n) is 7.51. The number of carbonyl (C=O) groups is 2. The summed E-state index contributed by atoms with van der Waals surface area (Å²) in [6, 6.07) is 17.9. The number of hydrogen-bond acceptors (Lipinski definition) is 6. The summed E-state index contributed by atoms with van der Waals surface area (Å²) in [5.41, 5.74) is 0.441. The quantitative estimate of drug-likeness (QED) is 0.337. The van der Waals surface area contributed by atoms with Gasteiger partial charge in [0.2, 0.25) is 11.8 Å². The first-order valence-corrected chi connectivity index (χ1v) is 10.8. The van der Waals surface area contributed by atoms with Crippen molar-refractivity contribution in [1.29, 1.82) is 0 Å². The Morgan fingerprint density at radius 3 is 2.00 bits per heavy atom. The Bertz CT molecular complexity index is 1420. The summed E-state index contributed by atoms with van der Waals surface area (Å²) in [4.78, 5) is 52.0. The number of hydrogen-bond donors (Lipinski definition) is 0. The summed E-state index contributed by atoms with van der Waals surface area (Å²) in [5.74, 6) is -4.05. The van der Waals surface area contributed by atoms with Gasteiger partial charge in [-0.3, -0.25) is 29.8 Å². The summed E-state index contributed by atoms with van der Waals surface area (Å²) < 4.78 is 0. The van der Waals surface area contributed by atoms with Crippen LogP contribution in [0, 0.1) is 39.0 Å². The van der Waals surface area contributed by atoms with Crippen LogP contribution in [0.15, 0.2) is 66.7 Å². The molecule has 0 aromatic heterocycles. The second kappa shape index (κ2) is 6.57. The highest BCUT2D eigenvalue weighted by atomic mass is 16.6. The van der Waals surface area contributed by atoms with Crippen molar-refractivity contribution < 1.29 is 19.4 Å². The van der Waals surface area contributed by atoms with Crippen molar-refractivity contribution in [2.24, 2.45) is 11.8 Å². The molecule has 2 atom stereocenters. The summed E-state index contributed by atoms with van der Waals surface area (Å²) in [5, 5.41) is 24.4. The van der Waals surface area contributed by atoms with Gasteiger partial charge in [0, 0.05) is 33.6 Å². The van der Waals surface area contributed by atoms with Gasteiger partial charge >= 0.3 is 0 Å². The SMILES string of the molecule is Cc1ccc(N2C(=O)[C@@H]3[C@@H](C2=O)C2c4ccccc4C3([N+](=O)[O-])c3ccccc32)cc1[N+](=O)[O-]. The summed E-state index contributed by atoms with van der Waals surface area (Å²) in [6.45, 7) is 1.56. The standard InChI is InChI=1S/C25H17N3O6/c1-13-10-11-14(12-19(13)27(31)32)26-23(29)21-20-15-6-2-4-8-17(15)25(28(33)34,22(21)24(26)30)18-9-5-3-7-16(18)20/h2-12,20-22H,1H3/t20?,21-,22-,25?/m0/s1. The number of nitro benzene ring substituents is 1. The van der Waals surface area contributed by atoms with Crippen molar-refractivity contribution in [2.75, 3.05) is 4.90 Å². The van der Waals surface area contributed by atoms with E-state index in [9.17, 15) is 29.8 Å². The lowest BCUT2D eigenvalue weighted by atomic mass is 9.51. The topological polar surface area (TPSA) is 124 Å². The summed E-state index contributed by atoms with van der Waals surface area (Å²) >= 11 is 0. The number of nitrogens with zero attached hydrogens (tertiary/aromatic N) is 3. The van der Waals surface area contributed by atoms with E-state index in [0.717, 1.165) is 4.90 Å². The highest BCUT2D eigenvalue weighted by molar-refractivity contribution is 6.23. The monoisotopic (exact) mass is 455 g/mol. The molecule has 0 saturated carbocycles. The fourth-order valence-electron chi connectivity index (χ4n) is 6.23. The third-order valence-corrected chi connectivity index (χ3v) is 7.51. The van der Waals surface area contributed by atoms with Gasteiger partial charge in [0.1, 0.15) is 5.92 Å². The van der Waals surface area contributed by atoms with Gasteiger partial charge in [0.15, 0.2) is 0 Å². The lowest BCUT2D eigenvalue weighted by Crippen LogP contribution is -2.57. The Hall–Kier alpha value is -4.40. The van der Waals surface area contributed by atoms with E-state index in [2.05, 4.69) is 0 Å². The molecule has 1 saturated heterocycles. The molecular formula is C25H17N3O6. The van der Waals surface area contributed by atoms with Crippen molar-refractivity contribution in [3.05, 3.63) is 115 Å². The molecule has 0 N–H and O–H groups in total. The predicted molar refractivity (Wildman–Crippen MR) is 120 cm³/mol. The lowest BCUT2D eigenvalue weighted by molar-refractivity contribution is -0.578. The minimum Gasteiger partial charge on any atom is -0.274 e. The number of rotatable bonds is 3. The van der Waals surface area contributed by atoms with E-state index < -0.39 is 45.0 Å². The number of aryl methyl sites for hydroxylation is 1. The second-order valence-corrected chi connectivity index (χ2v) is 8.92. The Kier molecular flexibility index (Phi) is 3.91. The maximum atomic E-state index is 13.9. The van der Waals surface area contributed by atoms with E-state index in [4.69, 9.17) is 0 Å². The molecule has 9 nitrogen and oxygen atoms in total. The maximum absolute atomic E-state index is 13.9. The first kappa shape index (κ1) is 20.2. The van der Waals surface area contributed by atoms with E-state index in [-0.39, 0.29) is 11.4 Å². The highest BCUT2D eigenvalue weighted by Gasteiger charge is 2.74. The molecule has 2 bridgehead atoms. The first-order chi connectivity index (χ1) is 16.3. The first-order valence-electron chi connectivity index (χ1n) is 10.8. The molecule has 34 heavy (non-hydrogen) atoms. The summed E-state index contributed by atoms with van der Waals surface area (Å²) in [6.07, 6.45) is 0. The summed E-state index contributed by atoms with van der Waals surface area (Å²) in [7, 11) is 0. The van der Waals surface area contributed by atoms with Gasteiger partial charge in [-0.2, -0.15) is 0 Å². The predicted octanol–water partition coefficient (Wildman–Crippen LogP) is 3.69. The van der Waals surface area contributed by atoms with Crippen LogP contribution in [-0.2, 0) is 15.1 Å². The lowest BCUT2D eigenvalue weighted by Gasteiger charge is -2.48. The number of nitro groups is 2. The molecule has 3 aromatic rings. The van der Waals surface area contributed by atoms with Gasteiger partial charge < -0.3 is 0 Å². The van der Waals surface area contributed by atoms with Crippen molar-refractivity contribution in [3.63, 3.8) is 0 Å². The molecule has 2 amide bonds. The largest absolute Gasteiger partial charge is 0.285 e. The van der Waals surface area contributed by atoms with E-state index >= 15 is 0 Å². The third kappa shape index (κ3) is 2.18. The van der Waals surface area contributed by atoms with E-state index in [1.165, 1.54) is 18.2 Å². The van der Waals surface area contributed by atoms with Gasteiger partial charge in [0.05, 0.1) is 16.5 Å². The minimum absolute atomic E-state index is 0.0488. The molecule has 0 spiro atoms. The number of carbonyl (C=O) groups excluding carboxylic acids is 2. The van der Waals surface area contributed by atoms with Gasteiger partial charge in [-0.15, -0.1) is 0 Å². The molecule has 4 aliphatic rings. The van der Waals surface area contributed by atoms with Crippen LogP contribution in [0.1, 0.15) is 33.7 Å². The zero-order chi connectivity index (χ0) is 23.9. The van der Waals surface area contributed by atoms with Gasteiger partial charge in [0.25, 0.3) is 11.2 Å². The van der Waals surface area contributed by atoms with Gasteiger partial charge in [-0.25, -0.2) is 4.90 Å². The molecule has 7 rings (SSSR count). The Morgan fingerprint density at radius 1 is 0.853 bits per heavy atom. The fourth-order valence-corrected chi connectivity index (χ4v) is 6.23. The average Bonchev–Trinajstić information content (AvgIpc) is 3.10. The van der Waals surface area contributed by atoms with Crippen LogP contribution >= 0.6 is 0 Å². The van der Waals surface area contributed by atoms with Crippen molar-refractivity contribution >= 4 is 23.2 Å². The second-order valence-electron chi connectivity index (χ2n) is 8.92. The minimum atomic E-state index is -1.93. The normalized spacial score (nSPS) is 26.1. The van der Waals surface area contributed by atoms with Crippen molar-refractivity contribution in [2.45, 2.75) is 18.4 Å². The zero-order valence-corrected chi connectivity index (χ0v) is 17.9.